The molecule has 10 heteroatoms. The third kappa shape index (κ3) is 9.18. The maximum Gasteiger partial charge on any atom is 0.453 e. The Labute approximate surface area is 282 Å². The van der Waals surface area contributed by atoms with E-state index < -0.39 is 18.5 Å². The molecule has 1 heterocycles. The number of rotatable bonds is 16. The molecular formula is C37H56F5NO3S. The van der Waals surface area contributed by atoms with Gasteiger partial charge in [-0.3, -0.25) is 0 Å². The monoisotopic (exact) mass is 689 g/mol. The summed E-state index contributed by atoms with van der Waals surface area (Å²) in [5.74, 6) is -0.220. The van der Waals surface area contributed by atoms with Gasteiger partial charge in [-0.15, -0.1) is 0 Å². The molecule has 47 heavy (non-hydrogen) atoms. The van der Waals surface area contributed by atoms with E-state index in [0.29, 0.717) is 29.4 Å². The summed E-state index contributed by atoms with van der Waals surface area (Å²) < 4.78 is 75.1. The molecule has 0 radical (unpaired) electrons. The average Bonchev–Trinajstić information content (AvgIpc) is 3.33. The Morgan fingerprint density at radius 2 is 1.77 bits per heavy atom. The van der Waals surface area contributed by atoms with Gasteiger partial charge in [-0.2, -0.15) is 33.7 Å². The second-order valence-corrected chi connectivity index (χ2v) is 16.3. The van der Waals surface area contributed by atoms with Crippen LogP contribution in [0.4, 0.5) is 22.0 Å². The molecule has 0 bridgehead atoms. The number of nitrogens with zero attached hydrogens (tertiary/aromatic N) is 1. The van der Waals surface area contributed by atoms with Gasteiger partial charge in [0, 0.05) is 12.8 Å². The van der Waals surface area contributed by atoms with E-state index in [0.717, 1.165) is 95.4 Å². The van der Waals surface area contributed by atoms with E-state index in [4.69, 9.17) is 9.47 Å². The standard InChI is InChI=1S/C37H56F5NO3S/c1-35-18-16-30-29-13-12-28(46-33-11-5-7-21-45-33)25-27(29)24-26(34(30)31(35)14-15-32(35)44)10-4-3-6-19-43(2)20-9-23-47-22-8-17-36(38,39)37(40,41)42/h12-13,25-26,30-34,44H,3-11,14-24H2,1-2H3/t26?,30-,31+,32+,33?,34-,35+/m1/s1. The van der Waals surface area contributed by atoms with Crippen molar-refractivity contribution >= 4 is 11.8 Å². The molecule has 3 aliphatic carbocycles. The number of fused-ring (bicyclic) bond motifs is 5. The molecule has 268 valence electrons. The van der Waals surface area contributed by atoms with Gasteiger partial charge in [0.05, 0.1) is 12.7 Å². The lowest BCUT2D eigenvalue weighted by atomic mass is 9.52. The van der Waals surface area contributed by atoms with Gasteiger partial charge in [0.15, 0.2) is 6.29 Å². The van der Waals surface area contributed by atoms with Crippen molar-refractivity contribution in [2.24, 2.45) is 23.2 Å². The van der Waals surface area contributed by atoms with Gasteiger partial charge >= 0.3 is 12.1 Å². The van der Waals surface area contributed by atoms with Crippen LogP contribution in [0.5, 0.6) is 5.75 Å². The Morgan fingerprint density at radius 1 is 0.979 bits per heavy atom. The van der Waals surface area contributed by atoms with E-state index in [-0.39, 0.29) is 24.2 Å². The lowest BCUT2D eigenvalue weighted by Gasteiger charge is -2.53. The number of unbranched alkanes of at least 4 members (excludes halogenated alkanes) is 2. The van der Waals surface area contributed by atoms with Gasteiger partial charge in [0.1, 0.15) is 5.75 Å². The third-order valence-electron chi connectivity index (χ3n) is 11.9. The van der Waals surface area contributed by atoms with Crippen LogP contribution in [0.3, 0.4) is 0 Å². The van der Waals surface area contributed by atoms with E-state index in [1.165, 1.54) is 42.2 Å². The van der Waals surface area contributed by atoms with Gasteiger partial charge < -0.3 is 19.5 Å². The van der Waals surface area contributed by atoms with Crippen LogP contribution >= 0.6 is 11.8 Å². The van der Waals surface area contributed by atoms with Gasteiger partial charge in [-0.1, -0.05) is 25.8 Å². The molecule has 7 atom stereocenters. The van der Waals surface area contributed by atoms with Gasteiger partial charge in [0.25, 0.3) is 0 Å². The molecule has 1 aromatic rings. The number of hydrogen-bond donors (Lipinski definition) is 1. The number of benzene rings is 1. The largest absolute Gasteiger partial charge is 0.465 e. The summed E-state index contributed by atoms with van der Waals surface area (Å²) >= 11 is 1.46. The van der Waals surface area contributed by atoms with E-state index in [2.05, 4.69) is 37.1 Å². The summed E-state index contributed by atoms with van der Waals surface area (Å²) in [6, 6.07) is 6.77. The first-order chi connectivity index (χ1) is 22.4. The SMILES string of the molecule is CN(CCCCCC1Cc2cc(OC3CCCCO3)ccc2[C@H]2CC[C@]3(C)[C@@H](O)CC[C@H]3[C@H]12)CCCSCCCC(F)(F)C(F)(F)F. The molecule has 0 spiro atoms. The first-order valence-corrected chi connectivity index (χ1v) is 19.3. The molecule has 5 rings (SSSR count). The minimum atomic E-state index is -5.45. The summed E-state index contributed by atoms with van der Waals surface area (Å²) in [5, 5.41) is 11.0. The number of halogens is 5. The fourth-order valence-corrected chi connectivity index (χ4v) is 10.1. The molecular weight excluding hydrogens is 633 g/mol. The van der Waals surface area contributed by atoms with Crippen molar-refractivity contribution in [3.05, 3.63) is 29.3 Å². The van der Waals surface area contributed by atoms with Crippen molar-refractivity contribution in [2.75, 3.05) is 38.2 Å². The Bertz CT molecular complexity index is 1130. The Kier molecular flexibility index (Phi) is 12.9. The zero-order valence-electron chi connectivity index (χ0n) is 28.3. The predicted molar refractivity (Wildman–Crippen MR) is 178 cm³/mol. The lowest BCUT2D eigenvalue weighted by molar-refractivity contribution is -0.284. The molecule has 1 N–H and O–H groups in total. The van der Waals surface area contributed by atoms with E-state index in [9.17, 15) is 27.1 Å². The maximum absolute atomic E-state index is 13.0. The average molecular weight is 690 g/mol. The maximum atomic E-state index is 13.0. The van der Waals surface area contributed by atoms with E-state index in [1.807, 2.05) is 0 Å². The predicted octanol–water partition coefficient (Wildman–Crippen LogP) is 9.63. The lowest BCUT2D eigenvalue weighted by Crippen LogP contribution is -2.47. The Morgan fingerprint density at radius 3 is 2.53 bits per heavy atom. The number of thioether (sulfide) groups is 1. The molecule has 1 aromatic carbocycles. The molecule has 0 aromatic heterocycles. The van der Waals surface area contributed by atoms with Gasteiger partial charge in [-0.05, 0) is 155 Å². The number of aliphatic hydroxyl groups excluding tert-OH is 1. The van der Waals surface area contributed by atoms with E-state index in [1.54, 1.807) is 0 Å². The highest BCUT2D eigenvalue weighted by Crippen LogP contribution is 2.62. The van der Waals surface area contributed by atoms with Gasteiger partial charge in [0.2, 0.25) is 0 Å². The van der Waals surface area contributed by atoms with Crippen LogP contribution in [-0.2, 0) is 11.2 Å². The van der Waals surface area contributed by atoms with Crippen LogP contribution in [0.2, 0.25) is 0 Å². The molecule has 2 saturated carbocycles. The second-order valence-electron chi connectivity index (χ2n) is 15.1. The minimum absolute atomic E-state index is 0.0352. The number of aliphatic hydroxyl groups is 1. The van der Waals surface area contributed by atoms with Gasteiger partial charge in [-0.25, -0.2) is 0 Å². The summed E-state index contributed by atoms with van der Waals surface area (Å²) in [6.07, 6.45) is 7.09. The highest BCUT2D eigenvalue weighted by atomic mass is 32.2. The van der Waals surface area contributed by atoms with Crippen LogP contribution in [-0.4, -0.2) is 72.7 Å². The minimum Gasteiger partial charge on any atom is -0.465 e. The summed E-state index contributed by atoms with van der Waals surface area (Å²) in [6.45, 7) is 5.01. The van der Waals surface area contributed by atoms with E-state index >= 15 is 0 Å². The number of hydrogen-bond acceptors (Lipinski definition) is 5. The van der Waals surface area contributed by atoms with Crippen molar-refractivity contribution in [1.82, 2.24) is 4.90 Å². The topological polar surface area (TPSA) is 41.9 Å². The molecule has 4 nitrogen and oxygen atoms in total. The first-order valence-electron chi connectivity index (χ1n) is 18.2. The fraction of sp³-hybridized carbons (Fsp3) is 0.838. The normalized spacial score (nSPS) is 31.0. The highest BCUT2D eigenvalue weighted by molar-refractivity contribution is 7.99. The molecule has 4 aliphatic rings. The molecule has 0 amide bonds. The fourth-order valence-electron chi connectivity index (χ4n) is 9.20. The first kappa shape index (κ1) is 37.2. The molecule has 2 unspecified atom stereocenters. The second kappa shape index (κ2) is 16.3. The summed E-state index contributed by atoms with van der Waals surface area (Å²) in [7, 11) is 2.10. The van der Waals surface area contributed by atoms with Crippen molar-refractivity contribution < 1.29 is 36.5 Å². The van der Waals surface area contributed by atoms with Crippen LogP contribution < -0.4 is 4.74 Å². The zero-order chi connectivity index (χ0) is 33.7. The Hall–Kier alpha value is -1.10. The third-order valence-corrected chi connectivity index (χ3v) is 13.0. The molecule has 1 saturated heterocycles. The highest BCUT2D eigenvalue weighted by Gasteiger charge is 2.57. The zero-order valence-corrected chi connectivity index (χ0v) is 29.2. The smallest absolute Gasteiger partial charge is 0.453 e. The van der Waals surface area contributed by atoms with Crippen LogP contribution in [0, 0.1) is 23.2 Å². The summed E-state index contributed by atoms with van der Waals surface area (Å²) in [4.78, 5) is 2.30. The molecule has 3 fully saturated rings. The quantitative estimate of drug-likeness (QED) is 0.138. The number of alkyl halides is 5. The van der Waals surface area contributed by atoms with Crippen molar-refractivity contribution in [3.63, 3.8) is 0 Å². The van der Waals surface area contributed by atoms with Crippen LogP contribution in [0.15, 0.2) is 18.2 Å². The van der Waals surface area contributed by atoms with Crippen molar-refractivity contribution in [1.29, 1.82) is 0 Å². The number of ether oxygens (including phenoxy) is 2. The van der Waals surface area contributed by atoms with Crippen LogP contribution in [0.25, 0.3) is 0 Å². The summed E-state index contributed by atoms with van der Waals surface area (Å²) in [5.41, 5.74) is 2.98. The Balaban J connectivity index is 1.07. The van der Waals surface area contributed by atoms with Crippen molar-refractivity contribution in [3.8, 4) is 5.75 Å². The van der Waals surface area contributed by atoms with Crippen LogP contribution in [0.1, 0.15) is 114 Å². The van der Waals surface area contributed by atoms with Crippen molar-refractivity contribution in [2.45, 2.75) is 134 Å². The molecule has 1 aliphatic heterocycles.